The fraction of sp³-hybridized carbons (Fsp3) is 0.357. The minimum absolute atomic E-state index is 0.792. The van der Waals surface area contributed by atoms with E-state index < -0.39 is 0 Å². The molecule has 0 radical (unpaired) electrons. The van der Waals surface area contributed by atoms with Gasteiger partial charge in [0.05, 0.1) is 0 Å². The van der Waals surface area contributed by atoms with E-state index in [1.807, 2.05) is 18.3 Å². The molecule has 3 heteroatoms. The Hall–Kier alpha value is -1.09. The molecule has 88 valence electrons. The monoisotopic (exact) mass is 291 g/mol. The summed E-state index contributed by atoms with van der Waals surface area (Å²) in [4.78, 5) is 11.1. The Labute approximate surface area is 109 Å². The van der Waals surface area contributed by atoms with Gasteiger partial charge in [-0.05, 0) is 37.0 Å². The van der Waals surface area contributed by atoms with Gasteiger partial charge in [0.1, 0.15) is 0 Å². The van der Waals surface area contributed by atoms with Crippen LogP contribution in [0.4, 0.5) is 0 Å². The minimum atomic E-state index is 0.792. The number of hydrogen-bond donors (Lipinski definition) is 0. The van der Waals surface area contributed by atoms with Gasteiger partial charge in [0.25, 0.3) is 0 Å². The number of aldehydes is 1. The molecule has 0 amide bonds. The van der Waals surface area contributed by atoms with Crippen LogP contribution in [0.2, 0.25) is 0 Å². The Morgan fingerprint density at radius 3 is 2.88 bits per heavy atom. The van der Waals surface area contributed by atoms with Gasteiger partial charge in [-0.3, -0.25) is 4.79 Å². The Bertz CT molecular complexity index is 569. The molecule has 2 aromatic rings. The lowest BCUT2D eigenvalue weighted by atomic mass is 9.85. The Balaban J connectivity index is 2.07. The van der Waals surface area contributed by atoms with E-state index in [1.54, 1.807) is 0 Å². The zero-order chi connectivity index (χ0) is 11.8. The summed E-state index contributed by atoms with van der Waals surface area (Å²) in [5, 5.41) is 1.05. The van der Waals surface area contributed by atoms with Crippen LogP contribution < -0.4 is 0 Å². The van der Waals surface area contributed by atoms with Crippen molar-refractivity contribution in [3.05, 3.63) is 34.4 Å². The van der Waals surface area contributed by atoms with Crippen LogP contribution in [0.15, 0.2) is 28.9 Å². The molecular formula is C14H14BrNO. The van der Waals surface area contributed by atoms with Crippen molar-refractivity contribution in [2.45, 2.75) is 25.8 Å². The molecule has 1 aliphatic carbocycles. The third kappa shape index (κ3) is 1.93. The Kier molecular flexibility index (Phi) is 2.79. The number of rotatable bonds is 3. The average molecular weight is 292 g/mol. The van der Waals surface area contributed by atoms with Crippen molar-refractivity contribution >= 4 is 33.1 Å². The van der Waals surface area contributed by atoms with Gasteiger partial charge in [-0.25, -0.2) is 0 Å². The third-order valence-electron chi connectivity index (χ3n) is 3.68. The molecule has 0 aliphatic heterocycles. The second kappa shape index (κ2) is 4.30. The average Bonchev–Trinajstić information content (AvgIpc) is 2.61. The first kappa shape index (κ1) is 11.0. The lowest BCUT2D eigenvalue weighted by Gasteiger charge is -2.26. The Morgan fingerprint density at radius 1 is 1.41 bits per heavy atom. The van der Waals surface area contributed by atoms with Crippen LogP contribution in [0, 0.1) is 5.92 Å². The minimum Gasteiger partial charge on any atom is -0.346 e. The van der Waals surface area contributed by atoms with Gasteiger partial charge in [-0.15, -0.1) is 0 Å². The van der Waals surface area contributed by atoms with E-state index >= 15 is 0 Å². The molecule has 17 heavy (non-hydrogen) atoms. The summed E-state index contributed by atoms with van der Waals surface area (Å²) in [5.74, 6) is 0.800. The van der Waals surface area contributed by atoms with Crippen molar-refractivity contribution in [1.29, 1.82) is 0 Å². The smallest absolute Gasteiger partial charge is 0.152 e. The molecule has 0 saturated heterocycles. The molecule has 0 spiro atoms. The molecule has 1 aromatic carbocycles. The summed E-state index contributed by atoms with van der Waals surface area (Å²) in [5.41, 5.74) is 1.96. The van der Waals surface area contributed by atoms with Gasteiger partial charge >= 0.3 is 0 Å². The van der Waals surface area contributed by atoms with E-state index in [1.165, 1.54) is 24.8 Å². The van der Waals surface area contributed by atoms with Gasteiger partial charge < -0.3 is 4.57 Å². The number of halogens is 1. The standard InChI is InChI=1S/C14H14BrNO/c15-12-4-5-14-13(6-12)11(9-17)8-16(14)7-10-2-1-3-10/h4-6,8-10H,1-3,7H2. The molecule has 1 aliphatic rings. The summed E-state index contributed by atoms with van der Waals surface area (Å²) in [6, 6.07) is 6.15. The van der Waals surface area contributed by atoms with E-state index in [2.05, 4.69) is 26.6 Å². The number of fused-ring (bicyclic) bond motifs is 1. The highest BCUT2D eigenvalue weighted by atomic mass is 79.9. The van der Waals surface area contributed by atoms with Crippen LogP contribution in [0.3, 0.4) is 0 Å². The largest absolute Gasteiger partial charge is 0.346 e. The van der Waals surface area contributed by atoms with Gasteiger partial charge in [-0.1, -0.05) is 22.4 Å². The highest BCUT2D eigenvalue weighted by Gasteiger charge is 2.19. The van der Waals surface area contributed by atoms with Crippen LogP contribution in [-0.4, -0.2) is 10.9 Å². The van der Waals surface area contributed by atoms with E-state index in [4.69, 9.17) is 0 Å². The lowest BCUT2D eigenvalue weighted by Crippen LogP contribution is -2.17. The maximum absolute atomic E-state index is 11.1. The zero-order valence-electron chi connectivity index (χ0n) is 9.53. The summed E-state index contributed by atoms with van der Waals surface area (Å²) >= 11 is 3.46. The molecule has 1 heterocycles. The first-order valence-electron chi connectivity index (χ1n) is 6.01. The van der Waals surface area contributed by atoms with Gasteiger partial charge in [0, 0.05) is 33.7 Å². The molecule has 1 fully saturated rings. The van der Waals surface area contributed by atoms with Gasteiger partial charge in [0.2, 0.25) is 0 Å². The van der Waals surface area contributed by atoms with Crippen molar-refractivity contribution in [2.75, 3.05) is 0 Å². The molecule has 0 atom stereocenters. The maximum atomic E-state index is 11.1. The number of nitrogens with zero attached hydrogens (tertiary/aromatic N) is 1. The molecular weight excluding hydrogens is 278 g/mol. The number of hydrogen-bond acceptors (Lipinski definition) is 1. The van der Waals surface area contributed by atoms with E-state index in [-0.39, 0.29) is 0 Å². The number of carbonyl (C=O) groups is 1. The first-order valence-corrected chi connectivity index (χ1v) is 6.81. The normalized spacial score (nSPS) is 16.1. The predicted octanol–water partition coefficient (Wildman–Crippen LogP) is 4.02. The number of carbonyl (C=O) groups excluding carboxylic acids is 1. The fourth-order valence-corrected chi connectivity index (χ4v) is 2.86. The third-order valence-corrected chi connectivity index (χ3v) is 4.17. The zero-order valence-corrected chi connectivity index (χ0v) is 11.1. The second-order valence-electron chi connectivity index (χ2n) is 4.81. The van der Waals surface area contributed by atoms with Crippen molar-refractivity contribution in [1.82, 2.24) is 4.57 Å². The van der Waals surface area contributed by atoms with E-state index in [9.17, 15) is 4.79 Å². The van der Waals surface area contributed by atoms with Crippen LogP contribution in [0.1, 0.15) is 29.6 Å². The van der Waals surface area contributed by atoms with E-state index in [0.29, 0.717) is 0 Å². The Morgan fingerprint density at radius 2 is 2.24 bits per heavy atom. The molecule has 2 nitrogen and oxygen atoms in total. The topological polar surface area (TPSA) is 22.0 Å². The first-order chi connectivity index (χ1) is 8.28. The van der Waals surface area contributed by atoms with Gasteiger partial charge in [0.15, 0.2) is 6.29 Å². The maximum Gasteiger partial charge on any atom is 0.152 e. The van der Waals surface area contributed by atoms with Crippen molar-refractivity contribution in [3.8, 4) is 0 Å². The van der Waals surface area contributed by atoms with Crippen LogP contribution in [-0.2, 0) is 6.54 Å². The summed E-state index contributed by atoms with van der Waals surface area (Å²) in [6.45, 7) is 1.05. The second-order valence-corrected chi connectivity index (χ2v) is 5.73. The summed E-state index contributed by atoms with van der Waals surface area (Å²) in [7, 11) is 0. The number of benzene rings is 1. The van der Waals surface area contributed by atoms with Crippen molar-refractivity contribution in [3.63, 3.8) is 0 Å². The van der Waals surface area contributed by atoms with E-state index in [0.717, 1.165) is 34.2 Å². The molecule has 3 rings (SSSR count). The van der Waals surface area contributed by atoms with Crippen LogP contribution in [0.5, 0.6) is 0 Å². The molecule has 0 unspecified atom stereocenters. The fourth-order valence-electron chi connectivity index (χ4n) is 2.50. The highest BCUT2D eigenvalue weighted by Crippen LogP contribution is 2.31. The molecule has 1 saturated carbocycles. The molecule has 0 bridgehead atoms. The van der Waals surface area contributed by atoms with Gasteiger partial charge in [-0.2, -0.15) is 0 Å². The lowest BCUT2D eigenvalue weighted by molar-refractivity contribution is 0.112. The molecule has 1 aromatic heterocycles. The quantitative estimate of drug-likeness (QED) is 0.783. The predicted molar refractivity (Wildman–Crippen MR) is 72.4 cm³/mol. The highest BCUT2D eigenvalue weighted by molar-refractivity contribution is 9.10. The summed E-state index contributed by atoms with van der Waals surface area (Å²) < 4.78 is 3.25. The van der Waals surface area contributed by atoms with Crippen LogP contribution >= 0.6 is 15.9 Å². The number of aromatic nitrogens is 1. The van der Waals surface area contributed by atoms with Crippen molar-refractivity contribution in [2.24, 2.45) is 5.92 Å². The molecule has 0 N–H and O–H groups in total. The SMILES string of the molecule is O=Cc1cn(CC2CCC2)c2ccc(Br)cc12. The van der Waals surface area contributed by atoms with Crippen LogP contribution in [0.25, 0.3) is 10.9 Å². The summed E-state index contributed by atoms with van der Waals surface area (Å²) in [6.07, 6.45) is 6.95. The van der Waals surface area contributed by atoms with Crippen molar-refractivity contribution < 1.29 is 4.79 Å².